The lowest BCUT2D eigenvalue weighted by Crippen LogP contribution is -2.46. The van der Waals surface area contributed by atoms with Crippen LogP contribution in [-0.2, 0) is 6.18 Å². The number of carbonyl (C=O) groups excluding carboxylic acids is 1. The van der Waals surface area contributed by atoms with Gasteiger partial charge in [0.15, 0.2) is 0 Å². The molecule has 1 aliphatic carbocycles. The lowest BCUT2D eigenvalue weighted by molar-refractivity contribution is -0.138. The highest BCUT2D eigenvalue weighted by Gasteiger charge is 2.40. The maximum absolute atomic E-state index is 13.2. The second-order valence-electron chi connectivity index (χ2n) is 5.83. The van der Waals surface area contributed by atoms with Crippen molar-refractivity contribution >= 4 is 28.5 Å². The molecule has 0 saturated heterocycles. The second-order valence-corrected chi connectivity index (χ2v) is 6.99. The van der Waals surface area contributed by atoms with Gasteiger partial charge >= 0.3 is 6.18 Å². The maximum Gasteiger partial charge on any atom is 0.416 e. The molecule has 126 valence electrons. The van der Waals surface area contributed by atoms with Crippen molar-refractivity contribution in [1.82, 2.24) is 5.32 Å². The molecule has 6 heteroatoms. The average molecular weight is 445 g/mol. The van der Waals surface area contributed by atoms with E-state index >= 15 is 0 Å². The van der Waals surface area contributed by atoms with Crippen molar-refractivity contribution in [2.24, 2.45) is 0 Å². The van der Waals surface area contributed by atoms with E-state index in [4.69, 9.17) is 0 Å². The normalized spacial score (nSPS) is 20.3. The van der Waals surface area contributed by atoms with Crippen LogP contribution in [-0.4, -0.2) is 11.9 Å². The Balaban J connectivity index is 1.79. The zero-order valence-electron chi connectivity index (χ0n) is 12.6. The first-order valence-electron chi connectivity index (χ1n) is 7.59. The van der Waals surface area contributed by atoms with E-state index in [0.717, 1.165) is 9.64 Å². The lowest BCUT2D eigenvalue weighted by Gasteiger charge is -2.38. The van der Waals surface area contributed by atoms with E-state index in [9.17, 15) is 18.0 Å². The number of hydrogen-bond acceptors (Lipinski definition) is 1. The van der Waals surface area contributed by atoms with Gasteiger partial charge in [0.05, 0.1) is 11.1 Å². The molecule has 2 unspecified atom stereocenters. The Morgan fingerprint density at radius 2 is 1.71 bits per heavy atom. The van der Waals surface area contributed by atoms with E-state index in [1.54, 1.807) is 18.2 Å². The van der Waals surface area contributed by atoms with E-state index in [0.29, 0.717) is 18.4 Å². The fourth-order valence-electron chi connectivity index (χ4n) is 3.01. The highest BCUT2D eigenvalue weighted by Crippen LogP contribution is 2.43. The van der Waals surface area contributed by atoms with Gasteiger partial charge in [0.25, 0.3) is 5.91 Å². The molecule has 0 bridgehead atoms. The summed E-state index contributed by atoms with van der Waals surface area (Å²) in [6, 6.07) is 12.5. The van der Waals surface area contributed by atoms with Crippen molar-refractivity contribution < 1.29 is 18.0 Å². The lowest BCUT2D eigenvalue weighted by atomic mass is 9.73. The average Bonchev–Trinajstić information content (AvgIpc) is 2.51. The number of nitrogens with one attached hydrogen (secondary N) is 1. The van der Waals surface area contributed by atoms with Crippen molar-refractivity contribution in [3.63, 3.8) is 0 Å². The fourth-order valence-corrected chi connectivity index (χ4v) is 3.65. The van der Waals surface area contributed by atoms with Gasteiger partial charge in [-0.3, -0.25) is 4.79 Å². The number of rotatable bonds is 3. The van der Waals surface area contributed by atoms with Crippen LogP contribution in [0.25, 0.3) is 0 Å². The van der Waals surface area contributed by atoms with E-state index < -0.39 is 11.7 Å². The molecule has 1 amide bonds. The van der Waals surface area contributed by atoms with E-state index in [1.165, 1.54) is 12.1 Å². The molecule has 0 radical (unpaired) electrons. The Labute approximate surface area is 151 Å². The summed E-state index contributed by atoms with van der Waals surface area (Å²) in [5, 5.41) is 2.89. The van der Waals surface area contributed by atoms with Crippen molar-refractivity contribution in [3.05, 3.63) is 68.8 Å². The third-order valence-corrected chi connectivity index (χ3v) is 5.32. The molecule has 3 rings (SSSR count). The van der Waals surface area contributed by atoms with Crippen molar-refractivity contribution in [3.8, 4) is 0 Å². The molecule has 1 N–H and O–H groups in total. The maximum atomic E-state index is 13.2. The predicted octanol–water partition coefficient (Wildman–Crippen LogP) is 4.99. The summed E-state index contributed by atoms with van der Waals surface area (Å²) in [5.74, 6) is -0.535. The number of amides is 1. The molecular formula is C18H15F3INO. The number of hydrogen-bond donors (Lipinski definition) is 1. The van der Waals surface area contributed by atoms with Crippen LogP contribution < -0.4 is 5.32 Å². The summed E-state index contributed by atoms with van der Waals surface area (Å²) in [6.45, 7) is 0. The highest BCUT2D eigenvalue weighted by molar-refractivity contribution is 14.1. The topological polar surface area (TPSA) is 29.1 Å². The molecule has 1 fully saturated rings. The fraction of sp³-hybridized carbons (Fsp3) is 0.278. The summed E-state index contributed by atoms with van der Waals surface area (Å²) < 4.78 is 40.4. The Hall–Kier alpha value is -1.57. The highest BCUT2D eigenvalue weighted by atomic mass is 127. The SMILES string of the molecule is O=C(NC1CCC1c1ccccc1C(F)(F)F)c1ccccc1I. The first kappa shape index (κ1) is 17.3. The van der Waals surface area contributed by atoms with Crippen LogP contribution >= 0.6 is 22.6 Å². The van der Waals surface area contributed by atoms with Crippen molar-refractivity contribution in [2.45, 2.75) is 31.0 Å². The molecule has 1 aliphatic rings. The van der Waals surface area contributed by atoms with Gasteiger partial charge in [0, 0.05) is 15.5 Å². The Morgan fingerprint density at radius 3 is 2.33 bits per heavy atom. The summed E-state index contributed by atoms with van der Waals surface area (Å²) in [6.07, 6.45) is -3.05. The standard InChI is InChI=1S/C18H15F3INO/c19-18(20,21)14-7-3-1-5-11(14)12-9-10-16(12)23-17(24)13-6-2-4-8-15(13)22/h1-8,12,16H,9-10H2,(H,23,24). The third kappa shape index (κ3) is 3.43. The smallest absolute Gasteiger partial charge is 0.349 e. The first-order chi connectivity index (χ1) is 11.4. The van der Waals surface area contributed by atoms with Crippen LogP contribution in [0.1, 0.15) is 40.2 Å². The molecular weight excluding hydrogens is 430 g/mol. The Morgan fingerprint density at radius 1 is 1.04 bits per heavy atom. The Bertz CT molecular complexity index is 760. The second kappa shape index (κ2) is 6.74. The molecule has 2 aromatic rings. The van der Waals surface area contributed by atoms with Gasteiger partial charge in [-0.2, -0.15) is 13.2 Å². The quantitative estimate of drug-likeness (QED) is 0.664. The number of benzene rings is 2. The van der Waals surface area contributed by atoms with Gasteiger partial charge in [-0.1, -0.05) is 30.3 Å². The molecule has 24 heavy (non-hydrogen) atoms. The molecule has 0 aliphatic heterocycles. The predicted molar refractivity (Wildman–Crippen MR) is 93.8 cm³/mol. The zero-order chi connectivity index (χ0) is 17.3. The summed E-state index contributed by atoms with van der Waals surface area (Å²) in [4.78, 5) is 12.4. The van der Waals surface area contributed by atoms with Gasteiger partial charge in [-0.25, -0.2) is 0 Å². The van der Waals surface area contributed by atoms with Gasteiger partial charge < -0.3 is 5.32 Å². The Kier molecular flexibility index (Phi) is 4.85. The molecule has 2 nitrogen and oxygen atoms in total. The minimum atomic E-state index is -4.38. The van der Waals surface area contributed by atoms with E-state index in [1.807, 2.05) is 12.1 Å². The van der Waals surface area contributed by atoms with Gasteiger partial charge in [-0.15, -0.1) is 0 Å². The number of halogens is 4. The van der Waals surface area contributed by atoms with Crippen LogP contribution in [0.2, 0.25) is 0 Å². The summed E-state index contributed by atoms with van der Waals surface area (Å²) >= 11 is 2.08. The molecule has 0 aromatic heterocycles. The van der Waals surface area contributed by atoms with Crippen LogP contribution in [0.3, 0.4) is 0 Å². The van der Waals surface area contributed by atoms with Crippen LogP contribution in [0, 0.1) is 3.57 Å². The van der Waals surface area contributed by atoms with Crippen LogP contribution in [0.5, 0.6) is 0 Å². The first-order valence-corrected chi connectivity index (χ1v) is 8.67. The minimum Gasteiger partial charge on any atom is -0.349 e. The zero-order valence-corrected chi connectivity index (χ0v) is 14.8. The van der Waals surface area contributed by atoms with Gasteiger partial charge in [0.2, 0.25) is 0 Å². The molecule has 0 spiro atoms. The van der Waals surface area contributed by atoms with Crippen molar-refractivity contribution in [1.29, 1.82) is 0 Å². The molecule has 2 atom stereocenters. The summed E-state index contributed by atoms with van der Waals surface area (Å²) in [5.41, 5.74) is 0.209. The molecule has 0 heterocycles. The number of alkyl halides is 3. The van der Waals surface area contributed by atoms with Crippen molar-refractivity contribution in [2.75, 3.05) is 0 Å². The van der Waals surface area contributed by atoms with E-state index in [-0.39, 0.29) is 23.4 Å². The van der Waals surface area contributed by atoms with Gasteiger partial charge in [0.1, 0.15) is 0 Å². The number of carbonyl (C=O) groups is 1. The molecule has 2 aromatic carbocycles. The summed E-state index contributed by atoms with van der Waals surface area (Å²) in [7, 11) is 0. The minimum absolute atomic E-state index is 0.237. The van der Waals surface area contributed by atoms with Crippen LogP contribution in [0.4, 0.5) is 13.2 Å². The van der Waals surface area contributed by atoms with E-state index in [2.05, 4.69) is 27.9 Å². The monoisotopic (exact) mass is 445 g/mol. The van der Waals surface area contributed by atoms with Crippen LogP contribution in [0.15, 0.2) is 48.5 Å². The molecule has 1 saturated carbocycles. The van der Waals surface area contributed by atoms with Gasteiger partial charge in [-0.05, 0) is 59.2 Å². The third-order valence-electron chi connectivity index (χ3n) is 4.38. The largest absolute Gasteiger partial charge is 0.416 e.